The molecule has 1 fully saturated rings. The Labute approximate surface area is 207 Å². The Balaban J connectivity index is 0.000000355. The van der Waals surface area contributed by atoms with Gasteiger partial charge in [0.15, 0.2) is 0 Å². The maximum absolute atomic E-state index is 13.5. The molecule has 5 aromatic rings. The lowest BCUT2D eigenvalue weighted by Gasteiger charge is -2.10. The van der Waals surface area contributed by atoms with E-state index in [9.17, 15) is 18.0 Å². The Kier molecular flexibility index (Phi) is 6.16. The van der Waals surface area contributed by atoms with Crippen LogP contribution in [-0.4, -0.2) is 37.0 Å². The predicted molar refractivity (Wildman–Crippen MR) is 131 cm³/mol. The van der Waals surface area contributed by atoms with Crippen LogP contribution in [0, 0.1) is 0 Å². The van der Waals surface area contributed by atoms with E-state index >= 15 is 0 Å². The van der Waals surface area contributed by atoms with Crippen molar-refractivity contribution < 1.29 is 23.1 Å². The summed E-state index contributed by atoms with van der Waals surface area (Å²) >= 11 is 0. The third kappa shape index (κ3) is 4.90. The van der Waals surface area contributed by atoms with Gasteiger partial charge < -0.3 is 5.11 Å². The molecule has 0 radical (unpaired) electrons. The molecule has 6 rings (SSSR count). The van der Waals surface area contributed by atoms with E-state index in [-0.39, 0.29) is 17.5 Å². The number of alkyl halides is 3. The second-order valence-corrected chi connectivity index (χ2v) is 8.54. The van der Waals surface area contributed by atoms with Crippen LogP contribution in [0.4, 0.5) is 13.2 Å². The molecule has 10 heteroatoms. The minimum Gasteiger partial charge on any atom is -0.475 e. The number of fused-ring (bicyclic) bond motifs is 2. The summed E-state index contributed by atoms with van der Waals surface area (Å²) in [5.41, 5.74) is 3.86. The van der Waals surface area contributed by atoms with Crippen LogP contribution >= 0.6 is 0 Å². The van der Waals surface area contributed by atoms with Crippen molar-refractivity contribution in [2.24, 2.45) is 0 Å². The van der Waals surface area contributed by atoms with Crippen molar-refractivity contribution >= 4 is 27.6 Å². The lowest BCUT2D eigenvalue weighted by molar-refractivity contribution is -0.192. The zero-order chi connectivity index (χ0) is 26.2. The van der Waals surface area contributed by atoms with Gasteiger partial charge in [-0.3, -0.25) is 14.8 Å². The summed E-state index contributed by atoms with van der Waals surface area (Å²) in [7, 11) is 0. The van der Waals surface area contributed by atoms with Crippen molar-refractivity contribution in [1.82, 2.24) is 19.7 Å². The van der Waals surface area contributed by atoms with E-state index in [1.54, 1.807) is 23.3 Å². The van der Waals surface area contributed by atoms with Gasteiger partial charge in [-0.1, -0.05) is 42.5 Å². The van der Waals surface area contributed by atoms with E-state index in [4.69, 9.17) is 14.9 Å². The van der Waals surface area contributed by atoms with E-state index in [1.165, 1.54) is 0 Å². The van der Waals surface area contributed by atoms with Gasteiger partial charge in [0.25, 0.3) is 5.56 Å². The molecule has 2 atom stereocenters. The van der Waals surface area contributed by atoms with Crippen LogP contribution in [0.25, 0.3) is 32.8 Å². The van der Waals surface area contributed by atoms with Crippen molar-refractivity contribution in [3.63, 3.8) is 0 Å². The summed E-state index contributed by atoms with van der Waals surface area (Å²) in [4.78, 5) is 31.3. The quantitative estimate of drug-likeness (QED) is 0.355. The van der Waals surface area contributed by atoms with E-state index in [0.29, 0.717) is 5.39 Å². The van der Waals surface area contributed by atoms with E-state index in [0.717, 1.165) is 39.5 Å². The average Bonchev–Trinajstić information content (AvgIpc) is 3.69. The number of benzene rings is 2. The monoisotopic (exact) mass is 504 g/mol. The summed E-state index contributed by atoms with van der Waals surface area (Å²) in [5, 5.41) is 14.3. The SMILES string of the molecule is O=C(O)C(F)(F)F.O=c1c2c(-c3ccncc3)cccc2cnn1C1CC1c1ccc2ccccc2n1. The number of pyridine rings is 2. The molecular weight excluding hydrogens is 485 g/mol. The molecule has 3 heterocycles. The molecule has 1 saturated carbocycles. The molecule has 0 spiro atoms. The molecule has 0 saturated heterocycles. The average molecular weight is 504 g/mol. The summed E-state index contributed by atoms with van der Waals surface area (Å²) in [5.74, 6) is -2.54. The molecule has 3 aromatic heterocycles. The van der Waals surface area contributed by atoms with Crippen LogP contribution in [0.2, 0.25) is 0 Å². The number of halogens is 3. The van der Waals surface area contributed by atoms with Crippen molar-refractivity contribution in [2.45, 2.75) is 24.6 Å². The molecule has 37 heavy (non-hydrogen) atoms. The van der Waals surface area contributed by atoms with Crippen molar-refractivity contribution in [3.05, 3.63) is 101 Å². The molecule has 0 amide bonds. The number of hydrogen-bond acceptors (Lipinski definition) is 5. The number of carbonyl (C=O) groups is 1. The second kappa shape index (κ2) is 9.45. The summed E-state index contributed by atoms with van der Waals surface area (Å²) in [6.45, 7) is 0. The van der Waals surface area contributed by atoms with Gasteiger partial charge in [0.1, 0.15) is 0 Å². The van der Waals surface area contributed by atoms with E-state index in [2.05, 4.69) is 28.3 Å². The predicted octanol–water partition coefficient (Wildman–Crippen LogP) is 5.37. The zero-order valence-electron chi connectivity index (χ0n) is 19.1. The smallest absolute Gasteiger partial charge is 0.475 e. The first-order valence-electron chi connectivity index (χ1n) is 11.3. The fraction of sp³-hybridized carbons (Fsp3) is 0.148. The molecule has 1 N–H and O–H groups in total. The van der Waals surface area contributed by atoms with Crippen LogP contribution in [0.15, 0.2) is 90.1 Å². The number of nitrogens with zero attached hydrogens (tertiary/aromatic N) is 4. The number of hydrogen-bond donors (Lipinski definition) is 1. The third-order valence-corrected chi connectivity index (χ3v) is 6.14. The topological polar surface area (TPSA) is 98.0 Å². The maximum atomic E-state index is 13.5. The van der Waals surface area contributed by atoms with E-state index < -0.39 is 12.1 Å². The fourth-order valence-corrected chi connectivity index (χ4v) is 4.27. The molecular formula is C27H19F3N4O3. The molecule has 186 valence electrons. The number of aliphatic carboxylic acids is 1. The first kappa shape index (κ1) is 24.1. The molecule has 1 aliphatic rings. The maximum Gasteiger partial charge on any atom is 0.490 e. The Hall–Kier alpha value is -4.60. The highest BCUT2D eigenvalue weighted by atomic mass is 19.4. The van der Waals surface area contributed by atoms with Crippen molar-refractivity contribution in [3.8, 4) is 11.1 Å². The zero-order valence-corrected chi connectivity index (χ0v) is 19.1. The largest absolute Gasteiger partial charge is 0.490 e. The van der Waals surface area contributed by atoms with Crippen LogP contribution < -0.4 is 5.56 Å². The minimum absolute atomic E-state index is 0.0426. The Morgan fingerprint density at radius 1 is 0.946 bits per heavy atom. The van der Waals surface area contributed by atoms with Gasteiger partial charge in [-0.05, 0) is 41.8 Å². The van der Waals surface area contributed by atoms with Crippen molar-refractivity contribution in [1.29, 1.82) is 0 Å². The molecule has 0 bridgehead atoms. The van der Waals surface area contributed by atoms with Gasteiger partial charge in [-0.15, -0.1) is 0 Å². The second-order valence-electron chi connectivity index (χ2n) is 8.54. The highest BCUT2D eigenvalue weighted by Gasteiger charge is 2.43. The van der Waals surface area contributed by atoms with Gasteiger partial charge in [0, 0.05) is 34.8 Å². The summed E-state index contributed by atoms with van der Waals surface area (Å²) < 4.78 is 33.4. The fourth-order valence-electron chi connectivity index (χ4n) is 4.27. The van der Waals surface area contributed by atoms with Gasteiger partial charge in [-0.2, -0.15) is 18.3 Å². The van der Waals surface area contributed by atoms with Crippen LogP contribution in [0.5, 0.6) is 0 Å². The Morgan fingerprint density at radius 2 is 1.65 bits per heavy atom. The highest BCUT2D eigenvalue weighted by molar-refractivity contribution is 5.95. The van der Waals surface area contributed by atoms with Gasteiger partial charge >= 0.3 is 12.1 Å². The summed E-state index contributed by atoms with van der Waals surface area (Å²) in [6.07, 6.45) is 1.08. The molecule has 2 unspecified atom stereocenters. The standard InChI is InChI=1S/C25H18N4O.C2HF3O2/c30-25-24-18(5-3-6-19(24)16-10-12-26-13-11-16)15-27-29(25)23-14-20(23)22-9-8-17-4-1-2-7-21(17)28-22;3-2(4,5)1(6)7/h1-13,15,20,23H,14H2;(H,6,7). The van der Waals surface area contributed by atoms with Crippen LogP contribution in [-0.2, 0) is 4.79 Å². The van der Waals surface area contributed by atoms with Crippen molar-refractivity contribution in [2.75, 3.05) is 0 Å². The van der Waals surface area contributed by atoms with Gasteiger partial charge in [0.05, 0.1) is 23.1 Å². The number of carboxylic acid groups (broad SMARTS) is 1. The minimum atomic E-state index is -5.08. The number of rotatable bonds is 3. The Bertz CT molecular complexity index is 1670. The van der Waals surface area contributed by atoms with Gasteiger partial charge in [0.2, 0.25) is 0 Å². The Morgan fingerprint density at radius 3 is 2.38 bits per heavy atom. The third-order valence-electron chi connectivity index (χ3n) is 6.14. The number of carboxylic acids is 1. The molecule has 0 aliphatic heterocycles. The highest BCUT2D eigenvalue weighted by Crippen LogP contribution is 2.50. The number of aromatic nitrogens is 4. The summed E-state index contributed by atoms with van der Waals surface area (Å²) in [6, 6.07) is 22.1. The molecule has 7 nitrogen and oxygen atoms in total. The first-order valence-corrected chi connectivity index (χ1v) is 11.3. The first-order chi connectivity index (χ1) is 17.7. The van der Waals surface area contributed by atoms with Crippen LogP contribution in [0.3, 0.4) is 0 Å². The molecule has 1 aliphatic carbocycles. The lowest BCUT2D eigenvalue weighted by Crippen LogP contribution is -2.22. The van der Waals surface area contributed by atoms with E-state index in [1.807, 2.05) is 48.5 Å². The number of para-hydroxylation sites is 1. The van der Waals surface area contributed by atoms with Gasteiger partial charge in [-0.25, -0.2) is 9.48 Å². The lowest BCUT2D eigenvalue weighted by atomic mass is 10.0. The van der Waals surface area contributed by atoms with Crippen LogP contribution in [0.1, 0.15) is 24.1 Å². The normalized spacial score (nSPS) is 16.7. The molecule has 2 aromatic carbocycles.